The fraction of sp³-hybridized carbons (Fsp3) is 0.562. The zero-order chi connectivity index (χ0) is 14.6. The number of benzene rings is 1. The van der Waals surface area contributed by atoms with Gasteiger partial charge in [-0.2, -0.15) is 0 Å². The lowest BCUT2D eigenvalue weighted by atomic mass is 10.1. The van der Waals surface area contributed by atoms with Crippen LogP contribution in [0, 0.1) is 5.92 Å². The molecule has 0 radical (unpaired) electrons. The van der Waals surface area contributed by atoms with Gasteiger partial charge >= 0.3 is 0 Å². The quantitative estimate of drug-likeness (QED) is 0.303. The highest BCUT2D eigenvalue weighted by atomic mass is 127. The summed E-state index contributed by atoms with van der Waals surface area (Å²) in [7, 11) is 1.78. The normalized spacial score (nSPS) is 11.1. The summed E-state index contributed by atoms with van der Waals surface area (Å²) in [5.74, 6) is 1.50. The standard InChI is InChI=1S/C16H27N3O.HI/c1-14(2)9-11-20-12-10-18-16(17-3)19-13-15-7-5-4-6-8-15;/h4-8,14H,9-13H2,1-3H3,(H2,17,18,19);1H. The predicted octanol–water partition coefficient (Wildman–Crippen LogP) is 3.03. The zero-order valence-electron chi connectivity index (χ0n) is 13.3. The molecule has 0 fully saturated rings. The third-order valence-corrected chi connectivity index (χ3v) is 2.90. The van der Waals surface area contributed by atoms with Crippen LogP contribution in [0.25, 0.3) is 0 Å². The first kappa shape index (κ1) is 20.2. The molecule has 0 aliphatic rings. The second kappa shape index (κ2) is 12.9. The molecule has 0 aromatic heterocycles. The van der Waals surface area contributed by atoms with Crippen molar-refractivity contribution < 1.29 is 4.74 Å². The maximum atomic E-state index is 5.56. The van der Waals surface area contributed by atoms with E-state index in [2.05, 4.69) is 41.6 Å². The number of guanidine groups is 1. The van der Waals surface area contributed by atoms with Gasteiger partial charge in [-0.15, -0.1) is 24.0 Å². The van der Waals surface area contributed by atoms with E-state index in [0.29, 0.717) is 12.5 Å². The number of hydrogen-bond donors (Lipinski definition) is 2. The molecule has 0 bridgehead atoms. The Hall–Kier alpha value is -0.820. The molecule has 0 aliphatic heterocycles. The van der Waals surface area contributed by atoms with Crippen LogP contribution in [-0.4, -0.2) is 32.8 Å². The van der Waals surface area contributed by atoms with Crippen LogP contribution in [0.1, 0.15) is 25.8 Å². The highest BCUT2D eigenvalue weighted by Crippen LogP contribution is 1.98. The molecule has 0 unspecified atom stereocenters. The molecule has 0 spiro atoms. The average Bonchev–Trinajstić information content (AvgIpc) is 2.46. The Morgan fingerprint density at radius 2 is 1.86 bits per heavy atom. The minimum Gasteiger partial charge on any atom is -0.380 e. The lowest BCUT2D eigenvalue weighted by Crippen LogP contribution is -2.38. The predicted molar refractivity (Wildman–Crippen MR) is 100 cm³/mol. The smallest absolute Gasteiger partial charge is 0.191 e. The van der Waals surface area contributed by atoms with E-state index in [1.165, 1.54) is 5.56 Å². The number of hydrogen-bond acceptors (Lipinski definition) is 2. The van der Waals surface area contributed by atoms with Crippen LogP contribution in [0.3, 0.4) is 0 Å². The zero-order valence-corrected chi connectivity index (χ0v) is 15.6. The summed E-state index contributed by atoms with van der Waals surface area (Å²) in [4.78, 5) is 4.19. The number of nitrogens with zero attached hydrogens (tertiary/aromatic N) is 1. The molecule has 1 rings (SSSR count). The Morgan fingerprint density at radius 1 is 1.14 bits per heavy atom. The lowest BCUT2D eigenvalue weighted by Gasteiger charge is -2.12. The van der Waals surface area contributed by atoms with Crippen molar-refractivity contribution >= 4 is 29.9 Å². The molecule has 1 aromatic carbocycles. The second-order valence-corrected chi connectivity index (χ2v) is 5.13. The van der Waals surface area contributed by atoms with Crippen molar-refractivity contribution in [3.63, 3.8) is 0 Å². The molecule has 0 saturated heterocycles. The first-order valence-corrected chi connectivity index (χ1v) is 7.28. The van der Waals surface area contributed by atoms with E-state index >= 15 is 0 Å². The molecule has 0 aliphatic carbocycles. The molecule has 0 saturated carbocycles. The molecule has 0 heterocycles. The number of halogens is 1. The fourth-order valence-electron chi connectivity index (χ4n) is 1.66. The van der Waals surface area contributed by atoms with E-state index in [9.17, 15) is 0 Å². The maximum Gasteiger partial charge on any atom is 0.191 e. The van der Waals surface area contributed by atoms with Gasteiger partial charge in [0.1, 0.15) is 0 Å². The molecule has 5 heteroatoms. The fourth-order valence-corrected chi connectivity index (χ4v) is 1.66. The topological polar surface area (TPSA) is 45.7 Å². The molecular weight excluding hydrogens is 377 g/mol. The largest absolute Gasteiger partial charge is 0.380 e. The van der Waals surface area contributed by atoms with Gasteiger partial charge in [0, 0.05) is 26.7 Å². The van der Waals surface area contributed by atoms with Crippen molar-refractivity contribution in [1.82, 2.24) is 10.6 Å². The van der Waals surface area contributed by atoms with Gasteiger partial charge in [0.25, 0.3) is 0 Å². The van der Waals surface area contributed by atoms with Gasteiger partial charge in [0.2, 0.25) is 0 Å². The third-order valence-electron chi connectivity index (χ3n) is 2.90. The van der Waals surface area contributed by atoms with E-state index in [1.807, 2.05) is 18.2 Å². The van der Waals surface area contributed by atoms with E-state index in [4.69, 9.17) is 4.74 Å². The summed E-state index contributed by atoms with van der Waals surface area (Å²) < 4.78 is 5.56. The van der Waals surface area contributed by atoms with Gasteiger partial charge in [-0.25, -0.2) is 0 Å². The van der Waals surface area contributed by atoms with Crippen molar-refractivity contribution in [3.05, 3.63) is 35.9 Å². The first-order chi connectivity index (χ1) is 9.72. The van der Waals surface area contributed by atoms with Crippen LogP contribution in [0.15, 0.2) is 35.3 Å². The summed E-state index contributed by atoms with van der Waals surface area (Å²) in [6.45, 7) is 7.49. The Morgan fingerprint density at radius 3 is 2.48 bits per heavy atom. The molecule has 1 aromatic rings. The van der Waals surface area contributed by atoms with E-state index in [1.54, 1.807) is 7.05 Å². The van der Waals surface area contributed by atoms with E-state index in [0.717, 1.165) is 32.1 Å². The van der Waals surface area contributed by atoms with Gasteiger partial charge in [-0.1, -0.05) is 44.2 Å². The van der Waals surface area contributed by atoms with Gasteiger partial charge in [0.15, 0.2) is 5.96 Å². The Kier molecular flexibility index (Phi) is 12.4. The number of ether oxygens (including phenoxy) is 1. The van der Waals surface area contributed by atoms with E-state index in [-0.39, 0.29) is 24.0 Å². The van der Waals surface area contributed by atoms with Gasteiger partial charge < -0.3 is 15.4 Å². The second-order valence-electron chi connectivity index (χ2n) is 5.13. The maximum absolute atomic E-state index is 5.56. The summed E-state index contributed by atoms with van der Waals surface area (Å²) in [5, 5.41) is 6.52. The van der Waals surface area contributed by atoms with Crippen molar-refractivity contribution in [2.45, 2.75) is 26.8 Å². The number of aliphatic imine (C=N–C) groups is 1. The van der Waals surface area contributed by atoms with Crippen LogP contribution in [0.5, 0.6) is 0 Å². The molecule has 0 atom stereocenters. The molecule has 2 N–H and O–H groups in total. The van der Waals surface area contributed by atoms with Gasteiger partial charge in [-0.3, -0.25) is 4.99 Å². The number of nitrogens with one attached hydrogen (secondary N) is 2. The Labute approximate surface area is 145 Å². The molecule has 120 valence electrons. The van der Waals surface area contributed by atoms with Crippen molar-refractivity contribution in [2.75, 3.05) is 26.8 Å². The Balaban J connectivity index is 0.00000400. The summed E-state index contributed by atoms with van der Waals surface area (Å²) >= 11 is 0. The van der Waals surface area contributed by atoms with Crippen molar-refractivity contribution in [1.29, 1.82) is 0 Å². The molecular formula is C16H28IN3O. The molecule has 0 amide bonds. The van der Waals surface area contributed by atoms with Crippen LogP contribution in [-0.2, 0) is 11.3 Å². The van der Waals surface area contributed by atoms with Gasteiger partial charge in [-0.05, 0) is 17.9 Å². The SMILES string of the molecule is CN=C(NCCOCCC(C)C)NCc1ccccc1.I. The monoisotopic (exact) mass is 405 g/mol. The highest BCUT2D eigenvalue weighted by molar-refractivity contribution is 14.0. The summed E-state index contributed by atoms with van der Waals surface area (Å²) in [5.41, 5.74) is 1.24. The number of rotatable bonds is 8. The lowest BCUT2D eigenvalue weighted by molar-refractivity contribution is 0.128. The third kappa shape index (κ3) is 10.5. The minimum atomic E-state index is 0. The van der Waals surface area contributed by atoms with Gasteiger partial charge in [0.05, 0.1) is 6.61 Å². The molecule has 4 nitrogen and oxygen atoms in total. The summed E-state index contributed by atoms with van der Waals surface area (Å²) in [6.07, 6.45) is 1.11. The van der Waals surface area contributed by atoms with Crippen LogP contribution < -0.4 is 10.6 Å². The van der Waals surface area contributed by atoms with Crippen LogP contribution >= 0.6 is 24.0 Å². The van der Waals surface area contributed by atoms with Crippen LogP contribution in [0.2, 0.25) is 0 Å². The minimum absolute atomic E-state index is 0. The van der Waals surface area contributed by atoms with Crippen molar-refractivity contribution in [3.8, 4) is 0 Å². The summed E-state index contributed by atoms with van der Waals surface area (Å²) in [6, 6.07) is 10.3. The highest BCUT2D eigenvalue weighted by Gasteiger charge is 1.98. The van der Waals surface area contributed by atoms with Crippen LogP contribution in [0.4, 0.5) is 0 Å². The van der Waals surface area contributed by atoms with Crippen molar-refractivity contribution in [2.24, 2.45) is 10.9 Å². The van der Waals surface area contributed by atoms with E-state index < -0.39 is 0 Å². The first-order valence-electron chi connectivity index (χ1n) is 7.28. The molecule has 21 heavy (non-hydrogen) atoms. The average molecular weight is 405 g/mol. The Bertz CT molecular complexity index is 382.